The molecule has 2 atom stereocenters. The summed E-state index contributed by atoms with van der Waals surface area (Å²) in [6, 6.07) is 14.0. The molecule has 0 bridgehead atoms. The summed E-state index contributed by atoms with van der Waals surface area (Å²) >= 11 is 0. The monoisotopic (exact) mass is 693 g/mol. The molecule has 0 saturated heterocycles. The Bertz CT molecular complexity index is 1600. The molecule has 1 aliphatic heterocycles. The van der Waals surface area contributed by atoms with Crippen molar-refractivity contribution in [1.29, 1.82) is 0 Å². The standard InChI is InChI=1S/C38H48FN3O8/c1-25(2)21-33(40-4)36(44)41-14-16-47-17-18-48-19-20-49-34-22-28-11-13-42-38(3,12-15-43)31(28)24-35(34)50-29-9-10-30(32(39)23-29)26-5-7-27(8-6-26)37(45)46/h5-10,15,22-25,33,40,42H,11-14,16-21H2,1-4H3,(H,41,44)(H,45,46)/t33?,38-/m1/s1. The molecule has 1 amide bonds. The smallest absolute Gasteiger partial charge is 0.335 e. The Labute approximate surface area is 292 Å². The van der Waals surface area contributed by atoms with Crippen LogP contribution in [0.25, 0.3) is 11.1 Å². The van der Waals surface area contributed by atoms with E-state index in [1.54, 1.807) is 31.3 Å². The van der Waals surface area contributed by atoms with E-state index in [9.17, 15) is 14.4 Å². The largest absolute Gasteiger partial charge is 0.487 e. The van der Waals surface area contributed by atoms with E-state index in [0.717, 1.165) is 30.3 Å². The summed E-state index contributed by atoms with van der Waals surface area (Å²) in [4.78, 5) is 35.0. The molecule has 1 unspecified atom stereocenters. The number of rotatable bonds is 20. The zero-order valence-electron chi connectivity index (χ0n) is 29.2. The third-order valence-electron chi connectivity index (χ3n) is 8.55. The predicted octanol–water partition coefficient (Wildman–Crippen LogP) is 5.10. The molecular weight excluding hydrogens is 645 g/mol. The van der Waals surface area contributed by atoms with Crippen molar-refractivity contribution in [3.8, 4) is 28.4 Å². The van der Waals surface area contributed by atoms with Gasteiger partial charge in [0.2, 0.25) is 5.91 Å². The first-order valence-corrected chi connectivity index (χ1v) is 16.9. The van der Waals surface area contributed by atoms with Crippen LogP contribution < -0.4 is 25.4 Å². The van der Waals surface area contributed by atoms with Gasteiger partial charge in [0, 0.05) is 36.7 Å². The number of carbonyl (C=O) groups is 3. The molecule has 0 fully saturated rings. The van der Waals surface area contributed by atoms with Crippen LogP contribution in [0.2, 0.25) is 0 Å². The summed E-state index contributed by atoms with van der Waals surface area (Å²) in [5, 5.41) is 18.5. The Balaban J connectivity index is 1.35. The molecule has 4 N–H and O–H groups in total. The summed E-state index contributed by atoms with van der Waals surface area (Å²) in [5.74, 6) is -0.166. The van der Waals surface area contributed by atoms with Crippen molar-refractivity contribution in [3.05, 3.63) is 77.1 Å². The number of hydrogen-bond acceptors (Lipinski definition) is 9. The maximum absolute atomic E-state index is 15.3. The van der Waals surface area contributed by atoms with Crippen LogP contribution >= 0.6 is 0 Å². The number of hydrogen-bond donors (Lipinski definition) is 4. The highest BCUT2D eigenvalue weighted by Crippen LogP contribution is 2.41. The minimum Gasteiger partial charge on any atom is -0.487 e. The molecule has 1 aliphatic rings. The minimum atomic E-state index is -1.06. The maximum atomic E-state index is 15.3. The van der Waals surface area contributed by atoms with Crippen molar-refractivity contribution in [1.82, 2.24) is 16.0 Å². The van der Waals surface area contributed by atoms with Gasteiger partial charge in [-0.25, -0.2) is 9.18 Å². The van der Waals surface area contributed by atoms with E-state index in [1.165, 1.54) is 18.2 Å². The fourth-order valence-corrected chi connectivity index (χ4v) is 5.87. The van der Waals surface area contributed by atoms with Crippen molar-refractivity contribution < 1.29 is 42.8 Å². The van der Waals surface area contributed by atoms with Crippen LogP contribution in [-0.4, -0.2) is 82.5 Å². The summed E-state index contributed by atoms with van der Waals surface area (Å²) in [6.45, 7) is 8.79. The summed E-state index contributed by atoms with van der Waals surface area (Å²) in [5.41, 5.74) is 2.27. The van der Waals surface area contributed by atoms with Gasteiger partial charge in [0.25, 0.3) is 0 Å². The lowest BCUT2D eigenvalue weighted by Gasteiger charge is -2.36. The van der Waals surface area contributed by atoms with Crippen LogP contribution in [0.15, 0.2) is 54.6 Å². The summed E-state index contributed by atoms with van der Waals surface area (Å²) in [6.07, 6.45) is 2.63. The number of benzene rings is 3. The third-order valence-corrected chi connectivity index (χ3v) is 8.55. The van der Waals surface area contributed by atoms with Gasteiger partial charge in [0.05, 0.1) is 38.0 Å². The minimum absolute atomic E-state index is 0.0414. The normalized spacial score (nSPS) is 16.0. The zero-order chi connectivity index (χ0) is 36.1. The highest BCUT2D eigenvalue weighted by atomic mass is 19.1. The molecule has 0 saturated carbocycles. The quantitative estimate of drug-likeness (QED) is 0.0933. The van der Waals surface area contributed by atoms with E-state index in [-0.39, 0.29) is 42.9 Å². The number of aldehydes is 1. The molecular formula is C38H48FN3O8. The van der Waals surface area contributed by atoms with Gasteiger partial charge in [0.15, 0.2) is 11.5 Å². The molecule has 12 heteroatoms. The molecule has 50 heavy (non-hydrogen) atoms. The average Bonchev–Trinajstić information content (AvgIpc) is 3.08. The van der Waals surface area contributed by atoms with Crippen molar-refractivity contribution in [2.75, 3.05) is 53.2 Å². The van der Waals surface area contributed by atoms with Gasteiger partial charge in [-0.2, -0.15) is 0 Å². The second-order valence-corrected chi connectivity index (χ2v) is 12.8. The third kappa shape index (κ3) is 10.6. The predicted molar refractivity (Wildman–Crippen MR) is 187 cm³/mol. The Morgan fingerprint density at radius 1 is 1.00 bits per heavy atom. The van der Waals surface area contributed by atoms with E-state index in [2.05, 4.69) is 29.8 Å². The van der Waals surface area contributed by atoms with Gasteiger partial charge in [-0.15, -0.1) is 0 Å². The maximum Gasteiger partial charge on any atom is 0.335 e. The fraction of sp³-hybridized carbons (Fsp3) is 0.447. The van der Waals surface area contributed by atoms with Gasteiger partial charge >= 0.3 is 5.97 Å². The fourth-order valence-electron chi connectivity index (χ4n) is 5.87. The van der Waals surface area contributed by atoms with E-state index < -0.39 is 17.3 Å². The SMILES string of the molecule is CNC(CC(C)C)C(=O)NCCOCCOCCOc1cc2c(cc1Oc1ccc(-c3ccc(C(=O)O)cc3)c(F)c1)[C@@](C)(CC=O)NCC2. The number of nitrogens with one attached hydrogen (secondary N) is 3. The molecule has 1 heterocycles. The first-order chi connectivity index (χ1) is 24.0. The van der Waals surface area contributed by atoms with Crippen molar-refractivity contribution in [3.63, 3.8) is 0 Å². The number of carbonyl (C=O) groups excluding carboxylic acids is 2. The number of halogens is 1. The van der Waals surface area contributed by atoms with Crippen LogP contribution in [-0.2, 0) is 31.0 Å². The van der Waals surface area contributed by atoms with Crippen molar-refractivity contribution >= 4 is 18.2 Å². The first kappa shape index (κ1) is 38.4. The molecule has 0 radical (unpaired) electrons. The molecule has 3 aromatic rings. The molecule has 0 aromatic heterocycles. The van der Waals surface area contributed by atoms with Gasteiger partial charge in [-0.3, -0.25) is 4.79 Å². The summed E-state index contributed by atoms with van der Waals surface area (Å²) < 4.78 is 38.9. The lowest BCUT2D eigenvalue weighted by atomic mass is 9.81. The highest BCUT2D eigenvalue weighted by Gasteiger charge is 2.33. The number of amides is 1. The molecule has 11 nitrogen and oxygen atoms in total. The van der Waals surface area contributed by atoms with Crippen LogP contribution in [0, 0.1) is 11.7 Å². The molecule has 0 spiro atoms. The second-order valence-electron chi connectivity index (χ2n) is 12.8. The van der Waals surface area contributed by atoms with Crippen LogP contribution in [0.4, 0.5) is 4.39 Å². The molecule has 270 valence electrons. The molecule has 0 aliphatic carbocycles. The number of likely N-dealkylation sites (N-methyl/N-ethyl adjacent to an activating group) is 1. The van der Waals surface area contributed by atoms with Gasteiger partial charge in [-0.1, -0.05) is 26.0 Å². The van der Waals surface area contributed by atoms with Crippen LogP contribution in [0.3, 0.4) is 0 Å². The van der Waals surface area contributed by atoms with E-state index in [0.29, 0.717) is 61.5 Å². The summed E-state index contributed by atoms with van der Waals surface area (Å²) in [7, 11) is 1.78. The number of ether oxygens (including phenoxy) is 4. The van der Waals surface area contributed by atoms with Crippen molar-refractivity contribution in [2.45, 2.75) is 51.6 Å². The number of fused-ring (bicyclic) bond motifs is 1. The van der Waals surface area contributed by atoms with Crippen LogP contribution in [0.5, 0.6) is 17.2 Å². The van der Waals surface area contributed by atoms with Gasteiger partial charge in [0.1, 0.15) is 24.5 Å². The Kier molecular flexibility index (Phi) is 14.3. The first-order valence-electron chi connectivity index (χ1n) is 16.9. The molecule has 4 rings (SSSR count). The average molecular weight is 694 g/mol. The van der Waals surface area contributed by atoms with Crippen molar-refractivity contribution in [2.24, 2.45) is 5.92 Å². The van der Waals surface area contributed by atoms with Gasteiger partial charge < -0.3 is 44.8 Å². The Morgan fingerprint density at radius 3 is 2.38 bits per heavy atom. The van der Waals surface area contributed by atoms with E-state index in [4.69, 9.17) is 24.1 Å². The topological polar surface area (TPSA) is 144 Å². The number of aromatic carboxylic acids is 1. The zero-order valence-corrected chi connectivity index (χ0v) is 29.2. The van der Waals surface area contributed by atoms with E-state index in [1.807, 2.05) is 19.1 Å². The second kappa shape index (κ2) is 18.6. The molecule has 3 aromatic carbocycles. The highest BCUT2D eigenvalue weighted by molar-refractivity contribution is 5.88. The lowest BCUT2D eigenvalue weighted by molar-refractivity contribution is -0.123. The van der Waals surface area contributed by atoms with Gasteiger partial charge in [-0.05, 0) is 85.8 Å². The van der Waals surface area contributed by atoms with E-state index >= 15 is 4.39 Å². The Morgan fingerprint density at radius 2 is 1.72 bits per heavy atom. The Hall–Kier alpha value is -4.36. The number of carboxylic acids is 1. The number of carboxylic acid groups (broad SMARTS) is 1. The van der Waals surface area contributed by atoms with Crippen LogP contribution in [0.1, 0.15) is 55.1 Å². The lowest BCUT2D eigenvalue weighted by Crippen LogP contribution is -2.45.